The van der Waals surface area contributed by atoms with Crippen LogP contribution in [0.3, 0.4) is 0 Å². The number of ether oxygens (including phenoxy) is 1. The largest absolute Gasteiger partial charge is 0.385 e. The van der Waals surface area contributed by atoms with Crippen LogP contribution < -0.4 is 0 Å². The first-order valence-electron chi connectivity index (χ1n) is 6.42. The SMILES string of the molecule is COCCCN(C)Cc1cn2ccccc2c1C#N. The van der Waals surface area contributed by atoms with Crippen LogP contribution >= 0.6 is 0 Å². The van der Waals surface area contributed by atoms with Crippen molar-refractivity contribution in [2.45, 2.75) is 13.0 Å². The second-order valence-corrected chi connectivity index (χ2v) is 4.72. The van der Waals surface area contributed by atoms with E-state index in [2.05, 4.69) is 18.0 Å². The van der Waals surface area contributed by atoms with Crippen molar-refractivity contribution in [2.75, 3.05) is 27.3 Å². The zero-order valence-corrected chi connectivity index (χ0v) is 11.5. The Morgan fingerprint density at radius 1 is 1.42 bits per heavy atom. The molecule has 0 bridgehead atoms. The normalized spacial score (nSPS) is 11.1. The molecule has 0 aliphatic heterocycles. The van der Waals surface area contributed by atoms with E-state index in [1.807, 2.05) is 35.0 Å². The van der Waals surface area contributed by atoms with Gasteiger partial charge < -0.3 is 14.0 Å². The number of hydrogen-bond donors (Lipinski definition) is 0. The average Bonchev–Trinajstić information content (AvgIpc) is 2.76. The lowest BCUT2D eigenvalue weighted by molar-refractivity contribution is 0.178. The van der Waals surface area contributed by atoms with Gasteiger partial charge in [-0.05, 0) is 25.6 Å². The third-order valence-corrected chi connectivity index (χ3v) is 3.20. The molecule has 0 amide bonds. The standard InChI is InChI=1S/C15H19N3O/c1-17(7-5-9-19-2)11-13-12-18-8-4-3-6-15(18)14(13)10-16/h3-4,6,8,12H,5,7,9,11H2,1-2H3. The fraction of sp³-hybridized carbons (Fsp3) is 0.400. The second kappa shape index (κ2) is 6.37. The molecule has 0 unspecified atom stereocenters. The van der Waals surface area contributed by atoms with E-state index in [9.17, 15) is 5.26 Å². The van der Waals surface area contributed by atoms with E-state index in [0.29, 0.717) is 0 Å². The second-order valence-electron chi connectivity index (χ2n) is 4.72. The summed E-state index contributed by atoms with van der Waals surface area (Å²) < 4.78 is 7.06. The molecule has 4 heteroatoms. The quantitative estimate of drug-likeness (QED) is 0.745. The van der Waals surface area contributed by atoms with Gasteiger partial charge in [0.1, 0.15) is 6.07 Å². The van der Waals surface area contributed by atoms with Crippen molar-refractivity contribution in [2.24, 2.45) is 0 Å². The van der Waals surface area contributed by atoms with Crippen molar-refractivity contribution >= 4 is 5.52 Å². The molecule has 0 aliphatic rings. The Morgan fingerprint density at radius 2 is 2.26 bits per heavy atom. The number of nitriles is 1. The molecule has 0 spiro atoms. The van der Waals surface area contributed by atoms with Crippen molar-refractivity contribution in [1.82, 2.24) is 9.30 Å². The number of rotatable bonds is 6. The van der Waals surface area contributed by atoms with E-state index in [-0.39, 0.29) is 0 Å². The predicted molar refractivity (Wildman–Crippen MR) is 74.9 cm³/mol. The molecule has 2 heterocycles. The Morgan fingerprint density at radius 3 is 3.00 bits per heavy atom. The summed E-state index contributed by atoms with van der Waals surface area (Å²) >= 11 is 0. The Labute approximate surface area is 113 Å². The zero-order valence-electron chi connectivity index (χ0n) is 11.5. The number of hydrogen-bond acceptors (Lipinski definition) is 3. The third kappa shape index (κ3) is 3.14. The molecule has 19 heavy (non-hydrogen) atoms. The van der Waals surface area contributed by atoms with Gasteiger partial charge in [0, 0.05) is 44.8 Å². The van der Waals surface area contributed by atoms with Gasteiger partial charge in [0.05, 0.1) is 11.1 Å². The van der Waals surface area contributed by atoms with Crippen LogP contribution in [0, 0.1) is 11.3 Å². The predicted octanol–water partition coefficient (Wildman–Crippen LogP) is 2.28. The van der Waals surface area contributed by atoms with E-state index in [4.69, 9.17) is 4.74 Å². The third-order valence-electron chi connectivity index (χ3n) is 3.20. The fourth-order valence-electron chi connectivity index (χ4n) is 2.28. The summed E-state index contributed by atoms with van der Waals surface area (Å²) in [4.78, 5) is 2.22. The molecular formula is C15H19N3O. The molecule has 0 aromatic carbocycles. The van der Waals surface area contributed by atoms with Gasteiger partial charge in [-0.25, -0.2) is 0 Å². The minimum atomic E-state index is 0.771. The Balaban J connectivity index is 2.14. The molecule has 4 nitrogen and oxygen atoms in total. The summed E-state index contributed by atoms with van der Waals surface area (Å²) in [6, 6.07) is 8.23. The van der Waals surface area contributed by atoms with Crippen LogP contribution in [0.15, 0.2) is 30.6 Å². The zero-order chi connectivity index (χ0) is 13.7. The maximum absolute atomic E-state index is 9.33. The van der Waals surface area contributed by atoms with Crippen molar-refractivity contribution in [3.63, 3.8) is 0 Å². The fourth-order valence-corrected chi connectivity index (χ4v) is 2.28. The van der Waals surface area contributed by atoms with Crippen molar-refractivity contribution in [3.05, 3.63) is 41.7 Å². The molecule has 0 N–H and O–H groups in total. The highest BCUT2D eigenvalue weighted by Crippen LogP contribution is 2.19. The topological polar surface area (TPSA) is 40.7 Å². The van der Waals surface area contributed by atoms with Crippen LogP contribution in [0.5, 0.6) is 0 Å². The summed E-state index contributed by atoms with van der Waals surface area (Å²) in [6.07, 6.45) is 5.02. The van der Waals surface area contributed by atoms with Crippen LogP contribution in [-0.4, -0.2) is 36.6 Å². The minimum Gasteiger partial charge on any atom is -0.385 e. The minimum absolute atomic E-state index is 0.771. The van der Waals surface area contributed by atoms with E-state index in [1.165, 1.54) is 0 Å². The van der Waals surface area contributed by atoms with Gasteiger partial charge in [-0.15, -0.1) is 0 Å². The first-order valence-corrected chi connectivity index (χ1v) is 6.42. The summed E-state index contributed by atoms with van der Waals surface area (Å²) in [5.41, 5.74) is 2.83. The number of fused-ring (bicyclic) bond motifs is 1. The van der Waals surface area contributed by atoms with E-state index in [0.717, 1.165) is 42.8 Å². The van der Waals surface area contributed by atoms with Crippen LogP contribution in [-0.2, 0) is 11.3 Å². The number of pyridine rings is 1. The molecule has 0 aliphatic carbocycles. The molecule has 0 fully saturated rings. The van der Waals surface area contributed by atoms with Gasteiger partial charge in [-0.2, -0.15) is 5.26 Å². The molecular weight excluding hydrogens is 238 g/mol. The molecule has 0 saturated carbocycles. The number of methoxy groups -OCH3 is 1. The van der Waals surface area contributed by atoms with Crippen LogP contribution in [0.2, 0.25) is 0 Å². The summed E-state index contributed by atoms with van der Waals surface area (Å²) in [5, 5.41) is 9.33. The van der Waals surface area contributed by atoms with Crippen molar-refractivity contribution < 1.29 is 4.74 Å². The van der Waals surface area contributed by atoms with Crippen LogP contribution in [0.25, 0.3) is 5.52 Å². The van der Waals surface area contributed by atoms with Crippen molar-refractivity contribution in [1.29, 1.82) is 5.26 Å². The van der Waals surface area contributed by atoms with E-state index >= 15 is 0 Å². The van der Waals surface area contributed by atoms with Gasteiger partial charge in [0.2, 0.25) is 0 Å². The highest BCUT2D eigenvalue weighted by Gasteiger charge is 2.11. The summed E-state index contributed by atoms with van der Waals surface area (Å²) in [7, 11) is 3.79. The maximum atomic E-state index is 9.33. The van der Waals surface area contributed by atoms with Gasteiger partial charge in [0.25, 0.3) is 0 Å². The monoisotopic (exact) mass is 257 g/mol. The Kier molecular flexibility index (Phi) is 4.56. The molecule has 0 saturated heterocycles. The molecule has 0 atom stereocenters. The summed E-state index contributed by atoms with van der Waals surface area (Å²) in [6.45, 7) is 2.52. The number of aromatic nitrogens is 1. The van der Waals surface area contributed by atoms with Gasteiger partial charge in [-0.1, -0.05) is 6.07 Å². The lowest BCUT2D eigenvalue weighted by Gasteiger charge is -2.15. The molecule has 100 valence electrons. The van der Waals surface area contributed by atoms with Crippen LogP contribution in [0.4, 0.5) is 0 Å². The lowest BCUT2D eigenvalue weighted by Crippen LogP contribution is -2.20. The molecule has 2 aromatic heterocycles. The number of nitrogens with zero attached hydrogens (tertiary/aromatic N) is 3. The Hall–Kier alpha value is -1.83. The van der Waals surface area contributed by atoms with E-state index < -0.39 is 0 Å². The molecule has 2 aromatic rings. The van der Waals surface area contributed by atoms with Crippen LogP contribution in [0.1, 0.15) is 17.5 Å². The summed E-state index contributed by atoms with van der Waals surface area (Å²) in [5.74, 6) is 0. The van der Waals surface area contributed by atoms with Crippen molar-refractivity contribution in [3.8, 4) is 6.07 Å². The molecule has 0 radical (unpaired) electrons. The average molecular weight is 257 g/mol. The van der Waals surface area contributed by atoms with Gasteiger partial charge in [0.15, 0.2) is 0 Å². The smallest absolute Gasteiger partial charge is 0.102 e. The lowest BCUT2D eigenvalue weighted by atomic mass is 10.1. The Bertz CT molecular complexity index is 583. The maximum Gasteiger partial charge on any atom is 0.102 e. The first kappa shape index (κ1) is 13.6. The van der Waals surface area contributed by atoms with Gasteiger partial charge >= 0.3 is 0 Å². The molecule has 2 rings (SSSR count). The van der Waals surface area contributed by atoms with E-state index in [1.54, 1.807) is 7.11 Å². The highest BCUT2D eigenvalue weighted by molar-refractivity contribution is 5.65. The van der Waals surface area contributed by atoms with Gasteiger partial charge in [-0.3, -0.25) is 0 Å². The highest BCUT2D eigenvalue weighted by atomic mass is 16.5. The first-order chi connectivity index (χ1) is 9.26.